The van der Waals surface area contributed by atoms with E-state index in [-0.39, 0.29) is 17.2 Å². The van der Waals surface area contributed by atoms with Crippen LogP contribution >= 0.6 is 0 Å². The lowest BCUT2D eigenvalue weighted by Crippen LogP contribution is -2.30. The van der Waals surface area contributed by atoms with Crippen LogP contribution in [0.25, 0.3) is 5.65 Å². The Morgan fingerprint density at radius 1 is 1.25 bits per heavy atom. The fraction of sp³-hybridized carbons (Fsp3) is 0.294. The minimum absolute atomic E-state index is 0.196. The predicted molar refractivity (Wildman–Crippen MR) is 90.0 cm³/mol. The summed E-state index contributed by atoms with van der Waals surface area (Å²) >= 11 is 0. The van der Waals surface area contributed by atoms with E-state index >= 15 is 0 Å². The first kappa shape index (κ1) is 15.9. The van der Waals surface area contributed by atoms with Crippen molar-refractivity contribution < 1.29 is 4.79 Å². The normalized spacial score (nSPS) is 10.9. The smallest absolute Gasteiger partial charge is 0.271 e. The lowest BCUT2D eigenvalue weighted by atomic mass is 10.3. The van der Waals surface area contributed by atoms with Gasteiger partial charge in [-0.3, -0.25) is 9.59 Å². The Morgan fingerprint density at radius 3 is 2.92 bits per heavy atom. The fourth-order valence-electron chi connectivity index (χ4n) is 2.44. The van der Waals surface area contributed by atoms with Crippen molar-refractivity contribution in [2.45, 2.75) is 26.3 Å². The highest BCUT2D eigenvalue weighted by Crippen LogP contribution is 2.04. The molecule has 7 heteroatoms. The number of aromatic nitrogens is 4. The number of amides is 1. The second-order valence-electron chi connectivity index (χ2n) is 5.48. The second kappa shape index (κ2) is 7.08. The monoisotopic (exact) mass is 325 g/mol. The maximum atomic E-state index is 12.2. The van der Waals surface area contributed by atoms with Crippen LogP contribution in [0.4, 0.5) is 0 Å². The Morgan fingerprint density at radius 2 is 2.12 bits per heavy atom. The molecular formula is C17H19N5O2. The number of imidazole rings is 1. The van der Waals surface area contributed by atoms with Gasteiger partial charge < -0.3 is 9.72 Å². The molecule has 0 aliphatic rings. The van der Waals surface area contributed by atoms with E-state index in [4.69, 9.17) is 0 Å². The first-order chi connectivity index (χ1) is 11.7. The number of nitrogens with one attached hydrogen (secondary N) is 1. The van der Waals surface area contributed by atoms with Crippen LogP contribution in [0.2, 0.25) is 0 Å². The van der Waals surface area contributed by atoms with E-state index < -0.39 is 0 Å². The van der Waals surface area contributed by atoms with Gasteiger partial charge in [-0.25, -0.2) is 9.67 Å². The van der Waals surface area contributed by atoms with E-state index in [1.54, 1.807) is 0 Å². The van der Waals surface area contributed by atoms with Gasteiger partial charge in [0.1, 0.15) is 11.3 Å². The maximum Gasteiger partial charge on any atom is 0.271 e. The van der Waals surface area contributed by atoms with E-state index in [1.165, 1.54) is 16.8 Å². The third-order valence-corrected chi connectivity index (χ3v) is 3.62. The van der Waals surface area contributed by atoms with Crippen LogP contribution in [0.5, 0.6) is 0 Å². The van der Waals surface area contributed by atoms with Crippen molar-refractivity contribution >= 4 is 11.6 Å². The summed E-state index contributed by atoms with van der Waals surface area (Å²) in [5, 5.41) is 6.91. The molecule has 0 fully saturated rings. The molecule has 0 aromatic carbocycles. The molecule has 3 aromatic rings. The fourth-order valence-corrected chi connectivity index (χ4v) is 2.44. The number of pyridine rings is 1. The van der Waals surface area contributed by atoms with Gasteiger partial charge in [-0.1, -0.05) is 13.0 Å². The first-order valence-electron chi connectivity index (χ1n) is 7.96. The highest BCUT2D eigenvalue weighted by molar-refractivity contribution is 5.91. The maximum absolute atomic E-state index is 12.2. The average Bonchev–Trinajstić information content (AvgIpc) is 2.99. The predicted octanol–water partition coefficient (Wildman–Crippen LogP) is 1.27. The summed E-state index contributed by atoms with van der Waals surface area (Å²) in [7, 11) is 0. The highest BCUT2D eigenvalue weighted by atomic mass is 16.2. The Labute approximate surface area is 139 Å². The van der Waals surface area contributed by atoms with Crippen LogP contribution in [0.1, 0.15) is 29.5 Å². The van der Waals surface area contributed by atoms with Gasteiger partial charge in [-0.05, 0) is 24.6 Å². The molecule has 0 spiro atoms. The van der Waals surface area contributed by atoms with Crippen LogP contribution in [0, 0.1) is 0 Å². The number of hydrogen-bond donors (Lipinski definition) is 1. The quantitative estimate of drug-likeness (QED) is 0.740. The van der Waals surface area contributed by atoms with E-state index in [1.807, 2.05) is 41.9 Å². The second-order valence-corrected chi connectivity index (χ2v) is 5.48. The molecule has 0 aliphatic carbocycles. The summed E-state index contributed by atoms with van der Waals surface area (Å²) in [5.41, 5.74) is 1.84. The third kappa shape index (κ3) is 3.51. The molecule has 0 saturated heterocycles. The van der Waals surface area contributed by atoms with E-state index in [0.29, 0.717) is 19.5 Å². The van der Waals surface area contributed by atoms with Gasteiger partial charge in [0.2, 0.25) is 0 Å². The Bertz CT molecular complexity index is 879. The number of nitrogens with zero attached hydrogens (tertiary/aromatic N) is 4. The number of rotatable bonds is 6. The molecular weight excluding hydrogens is 306 g/mol. The van der Waals surface area contributed by atoms with E-state index in [2.05, 4.69) is 15.4 Å². The standard InChI is InChI=1S/C17H19N5O2/c1-2-10-22-16(23)7-6-14(20-22)17(24)18-9-8-13-12-21-11-4-3-5-15(21)19-13/h3-7,11-12H,2,8-10H2,1H3,(H,18,24). The molecule has 1 amide bonds. The van der Waals surface area contributed by atoms with Gasteiger partial charge in [0.15, 0.2) is 0 Å². The van der Waals surface area contributed by atoms with Gasteiger partial charge in [0.25, 0.3) is 11.5 Å². The summed E-state index contributed by atoms with van der Waals surface area (Å²) in [5.74, 6) is -0.288. The largest absolute Gasteiger partial charge is 0.350 e. The molecule has 3 aromatic heterocycles. The molecule has 0 unspecified atom stereocenters. The molecule has 0 atom stereocenters. The molecule has 3 heterocycles. The Balaban J connectivity index is 1.61. The summed E-state index contributed by atoms with van der Waals surface area (Å²) in [6.07, 6.45) is 5.29. The highest BCUT2D eigenvalue weighted by Gasteiger charge is 2.09. The van der Waals surface area contributed by atoms with Crippen LogP contribution in [-0.2, 0) is 13.0 Å². The van der Waals surface area contributed by atoms with Crippen molar-refractivity contribution in [3.05, 3.63) is 64.5 Å². The van der Waals surface area contributed by atoms with Crippen molar-refractivity contribution in [1.82, 2.24) is 24.5 Å². The zero-order chi connectivity index (χ0) is 16.9. The van der Waals surface area contributed by atoms with Gasteiger partial charge >= 0.3 is 0 Å². The molecule has 0 bridgehead atoms. The van der Waals surface area contributed by atoms with E-state index in [0.717, 1.165) is 17.8 Å². The van der Waals surface area contributed by atoms with Crippen LogP contribution in [0.15, 0.2) is 47.5 Å². The first-order valence-corrected chi connectivity index (χ1v) is 7.96. The van der Waals surface area contributed by atoms with Crippen molar-refractivity contribution in [3.8, 4) is 0 Å². The zero-order valence-electron chi connectivity index (χ0n) is 13.5. The number of fused-ring (bicyclic) bond motifs is 1. The third-order valence-electron chi connectivity index (χ3n) is 3.62. The average molecular weight is 325 g/mol. The molecule has 124 valence electrons. The molecule has 1 N–H and O–H groups in total. The van der Waals surface area contributed by atoms with Gasteiger partial charge in [-0.2, -0.15) is 5.10 Å². The number of aryl methyl sites for hydroxylation is 1. The summed E-state index contributed by atoms with van der Waals surface area (Å²) in [4.78, 5) is 28.3. The summed E-state index contributed by atoms with van der Waals surface area (Å²) < 4.78 is 3.26. The van der Waals surface area contributed by atoms with Gasteiger partial charge in [0, 0.05) is 38.0 Å². The number of carbonyl (C=O) groups is 1. The van der Waals surface area contributed by atoms with Gasteiger partial charge in [-0.15, -0.1) is 0 Å². The Kier molecular flexibility index (Phi) is 4.69. The van der Waals surface area contributed by atoms with Gasteiger partial charge in [0.05, 0.1) is 5.69 Å². The van der Waals surface area contributed by atoms with Crippen LogP contribution < -0.4 is 10.9 Å². The summed E-state index contributed by atoms with van der Waals surface area (Å²) in [6.45, 7) is 2.91. The van der Waals surface area contributed by atoms with Crippen molar-refractivity contribution in [2.75, 3.05) is 6.54 Å². The lowest BCUT2D eigenvalue weighted by Gasteiger charge is -2.06. The minimum Gasteiger partial charge on any atom is -0.350 e. The molecule has 3 rings (SSSR count). The number of carbonyl (C=O) groups excluding carboxylic acids is 1. The molecule has 0 aliphatic heterocycles. The van der Waals surface area contributed by atoms with Crippen molar-refractivity contribution in [3.63, 3.8) is 0 Å². The molecule has 7 nitrogen and oxygen atoms in total. The van der Waals surface area contributed by atoms with Crippen LogP contribution in [-0.4, -0.2) is 31.6 Å². The summed E-state index contributed by atoms with van der Waals surface area (Å²) in [6, 6.07) is 8.64. The molecule has 0 saturated carbocycles. The number of hydrogen-bond acceptors (Lipinski definition) is 4. The lowest BCUT2D eigenvalue weighted by molar-refractivity contribution is 0.0946. The zero-order valence-corrected chi connectivity index (χ0v) is 13.5. The van der Waals surface area contributed by atoms with Crippen molar-refractivity contribution in [1.29, 1.82) is 0 Å². The van der Waals surface area contributed by atoms with Crippen LogP contribution in [0.3, 0.4) is 0 Å². The Hall–Kier alpha value is -2.96. The van der Waals surface area contributed by atoms with Crippen molar-refractivity contribution in [2.24, 2.45) is 0 Å². The molecule has 24 heavy (non-hydrogen) atoms. The minimum atomic E-state index is -0.288. The van der Waals surface area contributed by atoms with E-state index in [9.17, 15) is 9.59 Å². The topological polar surface area (TPSA) is 81.3 Å². The SMILES string of the molecule is CCCn1nc(C(=O)NCCc2cn3ccccc3n2)ccc1=O. The molecule has 0 radical (unpaired) electrons.